The predicted molar refractivity (Wildman–Crippen MR) is 80.6 cm³/mol. The fourth-order valence-corrected chi connectivity index (χ4v) is 2.74. The molecule has 0 saturated carbocycles. The SMILES string of the molecule is O=Cc1cccc2ccn(Cc3ccccc3Br)c12. The smallest absolute Gasteiger partial charge is 0.152 e. The monoisotopic (exact) mass is 313 g/mol. The topological polar surface area (TPSA) is 22.0 Å². The van der Waals surface area contributed by atoms with Gasteiger partial charge >= 0.3 is 0 Å². The van der Waals surface area contributed by atoms with Crippen molar-refractivity contribution < 1.29 is 4.79 Å². The van der Waals surface area contributed by atoms with Gasteiger partial charge in [0.05, 0.1) is 5.52 Å². The Morgan fingerprint density at radius 1 is 1.05 bits per heavy atom. The van der Waals surface area contributed by atoms with E-state index in [1.54, 1.807) is 0 Å². The van der Waals surface area contributed by atoms with Crippen molar-refractivity contribution in [3.63, 3.8) is 0 Å². The second-order valence-corrected chi connectivity index (χ2v) is 5.29. The van der Waals surface area contributed by atoms with Crippen LogP contribution in [-0.4, -0.2) is 10.9 Å². The van der Waals surface area contributed by atoms with Gasteiger partial charge in [0, 0.05) is 28.2 Å². The van der Waals surface area contributed by atoms with E-state index in [1.165, 1.54) is 5.56 Å². The quantitative estimate of drug-likeness (QED) is 0.662. The minimum atomic E-state index is 0.731. The van der Waals surface area contributed by atoms with Crippen molar-refractivity contribution in [2.45, 2.75) is 6.54 Å². The number of fused-ring (bicyclic) bond motifs is 1. The molecule has 0 fully saturated rings. The first-order valence-corrected chi connectivity index (χ1v) is 6.85. The van der Waals surface area contributed by atoms with Crippen LogP contribution in [0.4, 0.5) is 0 Å². The van der Waals surface area contributed by atoms with Gasteiger partial charge in [0.15, 0.2) is 6.29 Å². The van der Waals surface area contributed by atoms with Crippen molar-refractivity contribution in [3.05, 3.63) is 70.3 Å². The predicted octanol–water partition coefficient (Wildman–Crippen LogP) is 4.26. The summed E-state index contributed by atoms with van der Waals surface area (Å²) in [6.07, 6.45) is 2.94. The highest BCUT2D eigenvalue weighted by atomic mass is 79.9. The molecule has 0 aliphatic rings. The Morgan fingerprint density at radius 3 is 2.68 bits per heavy atom. The van der Waals surface area contributed by atoms with Crippen LogP contribution in [0.1, 0.15) is 15.9 Å². The van der Waals surface area contributed by atoms with Gasteiger partial charge in [0.25, 0.3) is 0 Å². The van der Waals surface area contributed by atoms with Crippen LogP contribution in [0.3, 0.4) is 0 Å². The molecule has 0 N–H and O–H groups in total. The summed E-state index contributed by atoms with van der Waals surface area (Å²) in [7, 11) is 0. The van der Waals surface area contributed by atoms with Crippen LogP contribution in [0.2, 0.25) is 0 Å². The van der Waals surface area contributed by atoms with Crippen molar-refractivity contribution in [1.82, 2.24) is 4.57 Å². The summed E-state index contributed by atoms with van der Waals surface area (Å²) in [4.78, 5) is 11.2. The maximum atomic E-state index is 11.2. The van der Waals surface area contributed by atoms with E-state index in [1.807, 2.05) is 48.7 Å². The van der Waals surface area contributed by atoms with Gasteiger partial charge in [-0.2, -0.15) is 0 Å². The number of nitrogens with zero attached hydrogens (tertiary/aromatic N) is 1. The highest BCUT2D eigenvalue weighted by Crippen LogP contribution is 2.23. The standard InChI is InChI=1S/C16H12BrNO/c17-15-7-2-1-4-13(15)10-18-9-8-12-5-3-6-14(11-19)16(12)18/h1-9,11H,10H2. The Kier molecular flexibility index (Phi) is 3.22. The van der Waals surface area contributed by atoms with E-state index < -0.39 is 0 Å². The first-order chi connectivity index (χ1) is 9.29. The molecule has 3 rings (SSSR count). The number of carbonyl (C=O) groups is 1. The Balaban J connectivity index is 2.11. The minimum Gasteiger partial charge on any atom is -0.342 e. The van der Waals surface area contributed by atoms with Gasteiger partial charge < -0.3 is 4.57 Å². The number of aromatic nitrogens is 1. The van der Waals surface area contributed by atoms with Gasteiger partial charge in [-0.25, -0.2) is 0 Å². The molecular formula is C16H12BrNO. The van der Waals surface area contributed by atoms with Crippen LogP contribution < -0.4 is 0 Å². The van der Waals surface area contributed by atoms with Gasteiger partial charge in [-0.1, -0.05) is 46.3 Å². The lowest BCUT2D eigenvalue weighted by atomic mass is 10.1. The zero-order valence-corrected chi connectivity index (χ0v) is 11.8. The van der Waals surface area contributed by atoms with Crippen LogP contribution >= 0.6 is 15.9 Å². The van der Waals surface area contributed by atoms with Crippen molar-refractivity contribution >= 4 is 33.1 Å². The molecule has 19 heavy (non-hydrogen) atoms. The lowest BCUT2D eigenvalue weighted by Crippen LogP contribution is -2.00. The number of aldehydes is 1. The highest BCUT2D eigenvalue weighted by Gasteiger charge is 2.07. The summed E-state index contributed by atoms with van der Waals surface area (Å²) < 4.78 is 3.19. The van der Waals surface area contributed by atoms with Crippen molar-refractivity contribution in [2.24, 2.45) is 0 Å². The summed E-state index contributed by atoms with van der Waals surface area (Å²) >= 11 is 3.56. The number of rotatable bonds is 3. The molecule has 1 aromatic heterocycles. The Bertz CT molecular complexity index is 745. The van der Waals surface area contributed by atoms with E-state index in [9.17, 15) is 4.79 Å². The first-order valence-electron chi connectivity index (χ1n) is 6.06. The fraction of sp³-hybridized carbons (Fsp3) is 0.0625. The largest absolute Gasteiger partial charge is 0.342 e. The van der Waals surface area contributed by atoms with Gasteiger partial charge in [-0.15, -0.1) is 0 Å². The number of para-hydroxylation sites is 1. The van der Waals surface area contributed by atoms with E-state index in [0.29, 0.717) is 0 Å². The number of carbonyl (C=O) groups excluding carboxylic acids is 1. The van der Waals surface area contributed by atoms with Gasteiger partial charge in [-0.05, 0) is 23.8 Å². The second-order valence-electron chi connectivity index (χ2n) is 4.44. The van der Waals surface area contributed by atoms with Crippen molar-refractivity contribution in [2.75, 3.05) is 0 Å². The highest BCUT2D eigenvalue weighted by molar-refractivity contribution is 9.10. The van der Waals surface area contributed by atoms with E-state index in [2.05, 4.69) is 26.6 Å². The molecule has 0 spiro atoms. The molecule has 2 aromatic carbocycles. The van der Waals surface area contributed by atoms with Gasteiger partial charge in [-0.3, -0.25) is 4.79 Å². The maximum Gasteiger partial charge on any atom is 0.152 e. The van der Waals surface area contributed by atoms with E-state index in [-0.39, 0.29) is 0 Å². The molecule has 94 valence electrons. The van der Waals surface area contributed by atoms with Crippen LogP contribution in [0, 0.1) is 0 Å². The molecule has 0 saturated heterocycles. The molecule has 0 unspecified atom stereocenters. The van der Waals surface area contributed by atoms with Crippen molar-refractivity contribution in [3.8, 4) is 0 Å². The second kappa shape index (κ2) is 5.02. The third-order valence-corrected chi connectivity index (χ3v) is 4.02. The summed E-state index contributed by atoms with van der Waals surface area (Å²) in [6, 6.07) is 16.0. The summed E-state index contributed by atoms with van der Waals surface area (Å²) in [5.41, 5.74) is 2.92. The van der Waals surface area contributed by atoms with E-state index in [4.69, 9.17) is 0 Å². The van der Waals surface area contributed by atoms with Gasteiger partial charge in [0.1, 0.15) is 0 Å². The fourth-order valence-electron chi connectivity index (χ4n) is 2.33. The maximum absolute atomic E-state index is 11.2. The molecule has 3 heteroatoms. The van der Waals surface area contributed by atoms with E-state index >= 15 is 0 Å². The van der Waals surface area contributed by atoms with Crippen LogP contribution in [0.25, 0.3) is 10.9 Å². The van der Waals surface area contributed by atoms with Crippen LogP contribution in [0.5, 0.6) is 0 Å². The Morgan fingerprint density at radius 2 is 1.89 bits per heavy atom. The van der Waals surface area contributed by atoms with E-state index in [0.717, 1.165) is 33.8 Å². The summed E-state index contributed by atoms with van der Waals surface area (Å²) in [5.74, 6) is 0. The molecular weight excluding hydrogens is 302 g/mol. The zero-order valence-electron chi connectivity index (χ0n) is 10.2. The molecule has 0 aliphatic carbocycles. The summed E-state index contributed by atoms with van der Waals surface area (Å²) in [5, 5.41) is 1.09. The molecule has 0 atom stereocenters. The minimum absolute atomic E-state index is 0.731. The first kappa shape index (κ1) is 12.2. The Hall–Kier alpha value is -1.87. The third-order valence-electron chi connectivity index (χ3n) is 3.25. The van der Waals surface area contributed by atoms with Crippen molar-refractivity contribution in [1.29, 1.82) is 0 Å². The molecule has 0 radical (unpaired) electrons. The molecule has 0 aliphatic heterocycles. The molecule has 1 heterocycles. The zero-order chi connectivity index (χ0) is 13.2. The number of halogens is 1. The van der Waals surface area contributed by atoms with Crippen LogP contribution in [0.15, 0.2) is 59.2 Å². The molecule has 0 amide bonds. The van der Waals surface area contributed by atoms with Gasteiger partial charge in [0.2, 0.25) is 0 Å². The molecule has 3 aromatic rings. The number of hydrogen-bond donors (Lipinski definition) is 0. The normalized spacial score (nSPS) is 10.8. The lowest BCUT2D eigenvalue weighted by Gasteiger charge is -2.09. The molecule has 2 nitrogen and oxygen atoms in total. The lowest BCUT2D eigenvalue weighted by molar-refractivity contribution is 0.112. The average molecular weight is 314 g/mol. The van der Waals surface area contributed by atoms with Crippen LogP contribution in [-0.2, 0) is 6.54 Å². The average Bonchev–Trinajstić information content (AvgIpc) is 2.85. The Labute approximate surface area is 119 Å². The summed E-state index contributed by atoms with van der Waals surface area (Å²) in [6.45, 7) is 0.746. The molecule has 0 bridgehead atoms. The number of hydrogen-bond acceptors (Lipinski definition) is 1. The number of benzene rings is 2. The third kappa shape index (κ3) is 2.22.